The minimum Gasteiger partial charge on any atom is -0.491 e. The van der Waals surface area contributed by atoms with Gasteiger partial charge < -0.3 is 15.0 Å². The van der Waals surface area contributed by atoms with Gasteiger partial charge in [-0.05, 0) is 74.4 Å². The average molecular weight is 401 g/mol. The lowest BCUT2D eigenvalue weighted by Crippen LogP contribution is -2.28. The molecular formula is C24H23N3O3. The lowest BCUT2D eigenvalue weighted by molar-refractivity contribution is 0.0988. The Labute approximate surface area is 175 Å². The van der Waals surface area contributed by atoms with Crippen LogP contribution in [0, 0.1) is 0 Å². The van der Waals surface area contributed by atoms with Crippen LogP contribution in [-0.2, 0) is 6.42 Å². The number of nitrogens with one attached hydrogen (secondary N) is 1. The summed E-state index contributed by atoms with van der Waals surface area (Å²) in [6.45, 7) is 4.53. The van der Waals surface area contributed by atoms with Gasteiger partial charge in [0.05, 0.1) is 6.10 Å². The second-order valence-corrected chi connectivity index (χ2v) is 7.43. The third kappa shape index (κ3) is 4.17. The second kappa shape index (κ2) is 8.37. The highest BCUT2D eigenvalue weighted by molar-refractivity contribution is 6.08. The predicted octanol–water partition coefficient (Wildman–Crippen LogP) is 4.32. The number of ether oxygens (including phenoxy) is 1. The Hall–Kier alpha value is -3.67. The zero-order chi connectivity index (χ0) is 21.1. The highest BCUT2D eigenvalue weighted by atomic mass is 16.5. The largest absolute Gasteiger partial charge is 0.491 e. The molecule has 1 aliphatic heterocycles. The molecule has 0 aliphatic carbocycles. The van der Waals surface area contributed by atoms with E-state index in [0.717, 1.165) is 23.4 Å². The lowest BCUT2D eigenvalue weighted by atomic mass is 10.1. The van der Waals surface area contributed by atoms with Crippen molar-refractivity contribution in [1.29, 1.82) is 0 Å². The van der Waals surface area contributed by atoms with E-state index in [-0.39, 0.29) is 17.9 Å². The van der Waals surface area contributed by atoms with E-state index in [0.29, 0.717) is 23.4 Å². The molecule has 3 aromatic rings. The second-order valence-electron chi connectivity index (χ2n) is 7.43. The topological polar surface area (TPSA) is 71.5 Å². The van der Waals surface area contributed by atoms with E-state index in [1.54, 1.807) is 53.7 Å². The molecule has 0 saturated heterocycles. The Bertz CT molecular complexity index is 1060. The number of rotatable bonds is 5. The van der Waals surface area contributed by atoms with Gasteiger partial charge in [0.2, 0.25) is 0 Å². The molecule has 2 amide bonds. The standard InChI is InChI=1S/C24H23N3O3/c1-16(2)30-21-7-4-18(5-8-21)23(28)26-20-6-3-17-11-14-27(22(17)15-20)24(29)19-9-12-25-13-10-19/h3-10,12-13,15-16H,11,14H2,1-2H3,(H,26,28). The molecule has 2 aromatic carbocycles. The van der Waals surface area contributed by atoms with Crippen LogP contribution in [0.1, 0.15) is 40.1 Å². The van der Waals surface area contributed by atoms with Crippen LogP contribution >= 0.6 is 0 Å². The van der Waals surface area contributed by atoms with E-state index in [4.69, 9.17) is 4.74 Å². The number of anilines is 2. The fraction of sp³-hybridized carbons (Fsp3) is 0.208. The maximum atomic E-state index is 12.9. The third-order valence-electron chi connectivity index (χ3n) is 4.90. The van der Waals surface area contributed by atoms with E-state index in [9.17, 15) is 9.59 Å². The van der Waals surface area contributed by atoms with Crippen LogP contribution in [-0.4, -0.2) is 29.4 Å². The van der Waals surface area contributed by atoms with Gasteiger partial charge in [0, 0.05) is 41.4 Å². The Morgan fingerprint density at radius 1 is 1.00 bits per heavy atom. The van der Waals surface area contributed by atoms with Gasteiger partial charge >= 0.3 is 0 Å². The lowest BCUT2D eigenvalue weighted by Gasteiger charge is -2.18. The van der Waals surface area contributed by atoms with Crippen LogP contribution in [0.5, 0.6) is 5.75 Å². The summed E-state index contributed by atoms with van der Waals surface area (Å²) in [7, 11) is 0. The van der Waals surface area contributed by atoms with Crippen LogP contribution in [0.15, 0.2) is 67.0 Å². The van der Waals surface area contributed by atoms with Crippen molar-refractivity contribution in [3.63, 3.8) is 0 Å². The zero-order valence-corrected chi connectivity index (χ0v) is 17.0. The smallest absolute Gasteiger partial charge is 0.258 e. The fourth-order valence-electron chi connectivity index (χ4n) is 3.48. The molecule has 0 unspecified atom stereocenters. The van der Waals surface area contributed by atoms with Gasteiger partial charge in [0.25, 0.3) is 11.8 Å². The molecule has 30 heavy (non-hydrogen) atoms. The molecule has 0 radical (unpaired) electrons. The first-order valence-electron chi connectivity index (χ1n) is 9.94. The van der Waals surface area contributed by atoms with E-state index in [2.05, 4.69) is 10.3 Å². The van der Waals surface area contributed by atoms with Crippen LogP contribution in [0.4, 0.5) is 11.4 Å². The van der Waals surface area contributed by atoms with Gasteiger partial charge in [-0.2, -0.15) is 0 Å². The van der Waals surface area contributed by atoms with Crippen molar-refractivity contribution in [2.45, 2.75) is 26.4 Å². The fourth-order valence-corrected chi connectivity index (χ4v) is 3.48. The quantitative estimate of drug-likeness (QED) is 0.691. The first kappa shape index (κ1) is 19.6. The minimum atomic E-state index is -0.212. The van der Waals surface area contributed by atoms with Crippen molar-refractivity contribution in [3.05, 3.63) is 83.7 Å². The first-order valence-corrected chi connectivity index (χ1v) is 9.94. The normalized spacial score (nSPS) is 12.6. The molecule has 6 heteroatoms. The number of carbonyl (C=O) groups excluding carboxylic acids is 2. The number of benzene rings is 2. The summed E-state index contributed by atoms with van der Waals surface area (Å²) >= 11 is 0. The van der Waals surface area contributed by atoms with Crippen molar-refractivity contribution in [2.75, 3.05) is 16.8 Å². The van der Waals surface area contributed by atoms with Crippen LogP contribution in [0.25, 0.3) is 0 Å². The van der Waals surface area contributed by atoms with Crippen LogP contribution in [0.3, 0.4) is 0 Å². The minimum absolute atomic E-state index is 0.0691. The van der Waals surface area contributed by atoms with Crippen molar-refractivity contribution >= 4 is 23.2 Å². The summed E-state index contributed by atoms with van der Waals surface area (Å²) in [5.74, 6) is 0.445. The monoisotopic (exact) mass is 401 g/mol. The van der Waals surface area contributed by atoms with Gasteiger partial charge in [-0.25, -0.2) is 0 Å². The molecule has 2 heterocycles. The maximum Gasteiger partial charge on any atom is 0.258 e. The summed E-state index contributed by atoms with van der Waals surface area (Å²) in [4.78, 5) is 31.2. The molecule has 1 aromatic heterocycles. The molecule has 4 rings (SSSR count). The maximum absolute atomic E-state index is 12.9. The van der Waals surface area contributed by atoms with E-state index in [1.807, 2.05) is 32.0 Å². The van der Waals surface area contributed by atoms with Gasteiger partial charge in [-0.1, -0.05) is 6.07 Å². The van der Waals surface area contributed by atoms with Gasteiger partial charge in [0.15, 0.2) is 0 Å². The number of fused-ring (bicyclic) bond motifs is 1. The third-order valence-corrected chi connectivity index (χ3v) is 4.90. The molecule has 0 spiro atoms. The van der Waals surface area contributed by atoms with Crippen molar-refractivity contribution in [2.24, 2.45) is 0 Å². The molecule has 0 atom stereocenters. The number of amides is 2. The van der Waals surface area contributed by atoms with Gasteiger partial charge in [-0.15, -0.1) is 0 Å². The highest BCUT2D eigenvalue weighted by Crippen LogP contribution is 2.32. The number of pyridine rings is 1. The number of carbonyl (C=O) groups is 2. The average Bonchev–Trinajstić information content (AvgIpc) is 3.17. The molecule has 6 nitrogen and oxygen atoms in total. The molecule has 1 N–H and O–H groups in total. The Morgan fingerprint density at radius 2 is 1.73 bits per heavy atom. The number of nitrogens with zero attached hydrogens (tertiary/aromatic N) is 2. The van der Waals surface area contributed by atoms with Gasteiger partial charge in [-0.3, -0.25) is 14.6 Å². The Balaban J connectivity index is 1.50. The zero-order valence-electron chi connectivity index (χ0n) is 17.0. The van der Waals surface area contributed by atoms with Crippen molar-refractivity contribution in [3.8, 4) is 5.75 Å². The number of aromatic nitrogens is 1. The summed E-state index contributed by atoms with van der Waals surface area (Å²) in [5, 5.41) is 2.92. The van der Waals surface area contributed by atoms with Crippen molar-refractivity contribution in [1.82, 2.24) is 4.98 Å². The number of hydrogen-bond acceptors (Lipinski definition) is 4. The van der Waals surface area contributed by atoms with E-state index >= 15 is 0 Å². The van der Waals surface area contributed by atoms with Crippen LogP contribution < -0.4 is 15.0 Å². The summed E-state index contributed by atoms with van der Waals surface area (Å²) in [6.07, 6.45) is 4.09. The Kier molecular flexibility index (Phi) is 5.48. The summed E-state index contributed by atoms with van der Waals surface area (Å²) in [5.41, 5.74) is 3.70. The van der Waals surface area contributed by atoms with E-state index in [1.165, 1.54) is 0 Å². The van der Waals surface area contributed by atoms with Gasteiger partial charge in [0.1, 0.15) is 5.75 Å². The number of hydrogen-bond donors (Lipinski definition) is 1. The highest BCUT2D eigenvalue weighted by Gasteiger charge is 2.26. The molecule has 0 bridgehead atoms. The molecule has 0 saturated carbocycles. The molecule has 152 valence electrons. The van der Waals surface area contributed by atoms with Crippen LogP contribution in [0.2, 0.25) is 0 Å². The molecule has 0 fully saturated rings. The Morgan fingerprint density at radius 3 is 2.43 bits per heavy atom. The SMILES string of the molecule is CC(C)Oc1ccc(C(=O)Nc2ccc3c(c2)N(C(=O)c2ccncc2)CC3)cc1. The predicted molar refractivity (Wildman–Crippen MR) is 116 cm³/mol. The van der Waals surface area contributed by atoms with Crippen molar-refractivity contribution < 1.29 is 14.3 Å². The first-order chi connectivity index (χ1) is 14.5. The molecular weight excluding hydrogens is 378 g/mol. The molecule has 1 aliphatic rings. The van der Waals surface area contributed by atoms with E-state index < -0.39 is 0 Å². The summed E-state index contributed by atoms with van der Waals surface area (Å²) < 4.78 is 5.62. The summed E-state index contributed by atoms with van der Waals surface area (Å²) in [6, 6.07) is 16.1.